The summed E-state index contributed by atoms with van der Waals surface area (Å²) in [5, 5.41) is 2.68. The van der Waals surface area contributed by atoms with Crippen LogP contribution in [0.2, 0.25) is 0 Å². The highest BCUT2D eigenvalue weighted by molar-refractivity contribution is 9.10. The molecule has 1 unspecified atom stereocenters. The minimum Gasteiger partial charge on any atom is -0.355 e. The second-order valence-electron chi connectivity index (χ2n) is 5.76. The predicted octanol–water partition coefficient (Wildman–Crippen LogP) is 3.84. The Morgan fingerprint density at radius 3 is 2.44 bits per heavy atom. The molecule has 2 atom stereocenters. The number of rotatable bonds is 4. The largest absolute Gasteiger partial charge is 0.355 e. The molecule has 2 aromatic rings. The van der Waals surface area contributed by atoms with Gasteiger partial charge in [0.05, 0.1) is 0 Å². The number of carbonyl (C=O) groups excluding carboxylic acids is 2. The number of ketones is 1. The molecule has 1 heterocycles. The first-order valence-corrected chi connectivity index (χ1v) is 8.46. The van der Waals surface area contributed by atoms with Gasteiger partial charge in [0.15, 0.2) is 5.78 Å². The van der Waals surface area contributed by atoms with Crippen LogP contribution in [0, 0.1) is 17.6 Å². The molecule has 1 amide bonds. The quantitative estimate of drug-likeness (QED) is 0.620. The minimum absolute atomic E-state index is 0.269. The number of benzene rings is 2. The van der Waals surface area contributed by atoms with E-state index in [0.717, 1.165) is 29.8 Å². The molecule has 1 saturated heterocycles. The molecule has 3 nitrogen and oxygen atoms in total. The Morgan fingerprint density at radius 2 is 1.80 bits per heavy atom. The summed E-state index contributed by atoms with van der Waals surface area (Å²) in [7, 11) is 0. The van der Waals surface area contributed by atoms with Gasteiger partial charge in [0, 0.05) is 22.5 Å². The summed E-state index contributed by atoms with van der Waals surface area (Å²) in [5.41, 5.74) is 0.555. The maximum absolute atomic E-state index is 13.8. The van der Waals surface area contributed by atoms with E-state index in [1.807, 2.05) is 30.3 Å². The minimum atomic E-state index is -0.903. The molecule has 1 aliphatic heterocycles. The molecular formula is C19H14BrF2NO2. The molecule has 1 N–H and O–H groups in total. The van der Waals surface area contributed by atoms with E-state index in [9.17, 15) is 18.4 Å². The smallest absolute Gasteiger partial charge is 0.231 e. The number of carbonyl (C=O) groups is 2. The van der Waals surface area contributed by atoms with Crippen molar-refractivity contribution in [2.75, 3.05) is 6.54 Å². The van der Waals surface area contributed by atoms with Gasteiger partial charge >= 0.3 is 0 Å². The van der Waals surface area contributed by atoms with Crippen molar-refractivity contribution in [2.24, 2.45) is 5.92 Å². The first kappa shape index (κ1) is 17.5. The predicted molar refractivity (Wildman–Crippen MR) is 93.8 cm³/mol. The standard InChI is InChI=1S/C19H14BrF2NO2/c20-12-8-15(21)13(16(22)9-12)6-7-17(24)18-14(10-23-19(18)25)11-4-2-1-3-5-11/h1-9,14,18H,10H2,(H,23,25)/b7-6+/t14?,18-/m1/s1. The van der Waals surface area contributed by atoms with Crippen molar-refractivity contribution in [1.82, 2.24) is 5.32 Å². The summed E-state index contributed by atoms with van der Waals surface area (Å²) in [6.45, 7) is 0.355. The van der Waals surface area contributed by atoms with Crippen molar-refractivity contribution in [3.8, 4) is 0 Å². The first-order chi connectivity index (χ1) is 12.0. The molecule has 0 saturated carbocycles. The van der Waals surface area contributed by atoms with Crippen LogP contribution in [0.4, 0.5) is 8.78 Å². The summed E-state index contributed by atoms with van der Waals surface area (Å²) in [6, 6.07) is 11.4. The summed E-state index contributed by atoms with van der Waals surface area (Å²) in [5.74, 6) is -3.63. The van der Waals surface area contributed by atoms with Crippen LogP contribution in [0.15, 0.2) is 53.0 Å². The Kier molecular flexibility index (Phi) is 5.08. The normalized spacial score (nSPS) is 20.0. The molecule has 0 aliphatic carbocycles. The molecule has 6 heteroatoms. The van der Waals surface area contributed by atoms with Gasteiger partial charge in [-0.25, -0.2) is 8.78 Å². The fraction of sp³-hybridized carbons (Fsp3) is 0.158. The lowest BCUT2D eigenvalue weighted by atomic mass is 9.85. The van der Waals surface area contributed by atoms with Gasteiger partial charge in [-0.2, -0.15) is 0 Å². The van der Waals surface area contributed by atoms with Crippen molar-refractivity contribution in [1.29, 1.82) is 0 Å². The fourth-order valence-electron chi connectivity index (χ4n) is 2.94. The van der Waals surface area contributed by atoms with Gasteiger partial charge in [-0.3, -0.25) is 9.59 Å². The van der Waals surface area contributed by atoms with Gasteiger partial charge in [0.1, 0.15) is 17.6 Å². The summed E-state index contributed by atoms with van der Waals surface area (Å²) < 4.78 is 28.0. The molecule has 0 bridgehead atoms. The van der Waals surface area contributed by atoms with E-state index in [2.05, 4.69) is 21.2 Å². The first-order valence-electron chi connectivity index (χ1n) is 7.66. The maximum Gasteiger partial charge on any atom is 0.231 e. The van der Waals surface area contributed by atoms with E-state index in [1.54, 1.807) is 0 Å². The molecule has 0 spiro atoms. The van der Waals surface area contributed by atoms with E-state index < -0.39 is 23.3 Å². The SMILES string of the molecule is O=C(/C=C/c1c(F)cc(Br)cc1F)[C@@H]1C(=O)NCC1c1ccccc1. The van der Waals surface area contributed by atoms with E-state index >= 15 is 0 Å². The highest BCUT2D eigenvalue weighted by Gasteiger charge is 2.39. The van der Waals surface area contributed by atoms with Crippen LogP contribution in [-0.4, -0.2) is 18.2 Å². The third-order valence-electron chi connectivity index (χ3n) is 4.17. The lowest BCUT2D eigenvalue weighted by Gasteiger charge is -2.14. The van der Waals surface area contributed by atoms with Gasteiger partial charge in [-0.1, -0.05) is 46.3 Å². The zero-order valence-corrected chi connectivity index (χ0v) is 14.6. The van der Waals surface area contributed by atoms with E-state index in [0.29, 0.717) is 6.54 Å². The Morgan fingerprint density at radius 1 is 1.16 bits per heavy atom. The van der Waals surface area contributed by atoms with Gasteiger partial charge in [0.2, 0.25) is 5.91 Å². The number of hydrogen-bond donors (Lipinski definition) is 1. The van der Waals surface area contributed by atoms with Crippen LogP contribution in [0.1, 0.15) is 17.0 Å². The zero-order valence-electron chi connectivity index (χ0n) is 13.0. The Bertz CT molecular complexity index is 829. The van der Waals surface area contributed by atoms with Crippen molar-refractivity contribution < 1.29 is 18.4 Å². The van der Waals surface area contributed by atoms with Crippen molar-refractivity contribution >= 4 is 33.7 Å². The van der Waals surface area contributed by atoms with E-state index in [4.69, 9.17) is 0 Å². The third-order valence-corrected chi connectivity index (χ3v) is 4.63. The highest BCUT2D eigenvalue weighted by Crippen LogP contribution is 2.30. The second kappa shape index (κ2) is 7.27. The lowest BCUT2D eigenvalue weighted by Crippen LogP contribution is -2.26. The average Bonchev–Trinajstić information content (AvgIpc) is 2.96. The molecular weight excluding hydrogens is 392 g/mol. The fourth-order valence-corrected chi connectivity index (χ4v) is 3.34. The maximum atomic E-state index is 13.8. The third kappa shape index (κ3) is 3.69. The molecule has 1 aliphatic rings. The number of amides is 1. The number of allylic oxidation sites excluding steroid dienone is 1. The van der Waals surface area contributed by atoms with E-state index in [1.165, 1.54) is 0 Å². The topological polar surface area (TPSA) is 46.2 Å². The summed E-state index contributed by atoms with van der Waals surface area (Å²) in [6.07, 6.45) is 2.15. The van der Waals surface area contributed by atoms with Crippen molar-refractivity contribution in [3.63, 3.8) is 0 Å². The second-order valence-corrected chi connectivity index (χ2v) is 6.67. The molecule has 1 fully saturated rings. The molecule has 3 rings (SSSR count). The van der Waals surface area contributed by atoms with Crippen LogP contribution in [0.5, 0.6) is 0 Å². The Labute approximate surface area is 151 Å². The van der Waals surface area contributed by atoms with Gasteiger partial charge in [-0.15, -0.1) is 0 Å². The molecule has 0 radical (unpaired) electrons. The van der Waals surface area contributed by atoms with E-state index in [-0.39, 0.29) is 21.9 Å². The number of nitrogens with one attached hydrogen (secondary N) is 1. The van der Waals surface area contributed by atoms with Gasteiger partial charge < -0.3 is 5.32 Å². The van der Waals surface area contributed by atoms with Gasteiger partial charge in [-0.05, 0) is 29.8 Å². The summed E-state index contributed by atoms with van der Waals surface area (Å²) in [4.78, 5) is 24.6. The van der Waals surface area contributed by atoms with Crippen LogP contribution in [-0.2, 0) is 9.59 Å². The van der Waals surface area contributed by atoms with Crippen molar-refractivity contribution in [2.45, 2.75) is 5.92 Å². The zero-order chi connectivity index (χ0) is 18.0. The highest BCUT2D eigenvalue weighted by atomic mass is 79.9. The van der Waals surface area contributed by atoms with Crippen LogP contribution in [0.3, 0.4) is 0 Å². The van der Waals surface area contributed by atoms with Gasteiger partial charge in [0.25, 0.3) is 0 Å². The molecule has 128 valence electrons. The molecule has 2 aromatic carbocycles. The van der Waals surface area contributed by atoms with Crippen LogP contribution >= 0.6 is 15.9 Å². The Hall–Kier alpha value is -2.34. The lowest BCUT2D eigenvalue weighted by molar-refractivity contribution is -0.129. The molecule has 0 aromatic heterocycles. The number of halogens is 3. The summed E-state index contributed by atoms with van der Waals surface area (Å²) >= 11 is 3.00. The average molecular weight is 406 g/mol. The monoisotopic (exact) mass is 405 g/mol. The van der Waals surface area contributed by atoms with Crippen molar-refractivity contribution in [3.05, 3.63) is 75.8 Å². The van der Waals surface area contributed by atoms with Crippen LogP contribution < -0.4 is 5.32 Å². The Balaban J connectivity index is 1.86. The number of hydrogen-bond acceptors (Lipinski definition) is 2. The molecule has 25 heavy (non-hydrogen) atoms. The van der Waals surface area contributed by atoms with Crippen LogP contribution in [0.25, 0.3) is 6.08 Å².